The summed E-state index contributed by atoms with van der Waals surface area (Å²) in [4.78, 5) is 27.4. The molecule has 0 aliphatic heterocycles. The Hall–Kier alpha value is -2.24. The molecule has 6 heteroatoms. The van der Waals surface area contributed by atoms with E-state index in [1.165, 1.54) is 4.90 Å². The largest absolute Gasteiger partial charge is 0.399 e. The second-order valence-corrected chi connectivity index (χ2v) is 4.66. The molecule has 0 aliphatic rings. The monoisotopic (exact) mass is 278 g/mol. The van der Waals surface area contributed by atoms with Gasteiger partial charge in [-0.2, -0.15) is 0 Å². The number of amides is 2. The lowest BCUT2D eigenvalue weighted by molar-refractivity contribution is -0.121. The number of nitrogens with zero attached hydrogens (tertiary/aromatic N) is 2. The third kappa shape index (κ3) is 3.63. The Morgan fingerprint density at radius 1 is 1.30 bits per heavy atom. The van der Waals surface area contributed by atoms with E-state index in [0.29, 0.717) is 17.8 Å². The summed E-state index contributed by atoms with van der Waals surface area (Å²) < 4.78 is 0. The fourth-order valence-electron chi connectivity index (χ4n) is 1.86. The summed E-state index contributed by atoms with van der Waals surface area (Å²) in [6.07, 6.45) is 0. The van der Waals surface area contributed by atoms with E-state index in [1.807, 2.05) is 25.9 Å². The van der Waals surface area contributed by atoms with Crippen molar-refractivity contribution in [2.75, 3.05) is 44.9 Å². The molecule has 0 saturated carbocycles. The molecule has 6 nitrogen and oxygen atoms in total. The molecule has 110 valence electrons. The van der Waals surface area contributed by atoms with Crippen LogP contribution in [0.3, 0.4) is 0 Å². The van der Waals surface area contributed by atoms with E-state index >= 15 is 0 Å². The van der Waals surface area contributed by atoms with Crippen LogP contribution in [0.15, 0.2) is 18.2 Å². The van der Waals surface area contributed by atoms with Gasteiger partial charge in [-0.1, -0.05) is 0 Å². The number of nitrogens with one attached hydrogen (secondary N) is 1. The summed E-state index contributed by atoms with van der Waals surface area (Å²) in [5.74, 6) is -0.400. The summed E-state index contributed by atoms with van der Waals surface area (Å²) in [5.41, 5.74) is 7.57. The summed E-state index contributed by atoms with van der Waals surface area (Å²) in [7, 11) is 5.26. The van der Waals surface area contributed by atoms with Crippen LogP contribution in [0.5, 0.6) is 0 Å². The van der Waals surface area contributed by atoms with Crippen LogP contribution in [-0.2, 0) is 4.79 Å². The lowest BCUT2D eigenvalue weighted by atomic mass is 10.1. The van der Waals surface area contributed by atoms with E-state index in [0.717, 1.165) is 5.69 Å². The molecule has 20 heavy (non-hydrogen) atoms. The van der Waals surface area contributed by atoms with Gasteiger partial charge in [0.2, 0.25) is 5.91 Å². The molecule has 0 radical (unpaired) electrons. The summed E-state index contributed by atoms with van der Waals surface area (Å²) in [6, 6.07) is 5.20. The van der Waals surface area contributed by atoms with Crippen LogP contribution in [0.2, 0.25) is 0 Å². The first-order chi connectivity index (χ1) is 9.40. The standard InChI is InChI=1S/C14H22N4O2/c1-5-18(9-13(19)16-2)14(20)11-8-10(15)6-7-12(11)17(3)4/h6-8H,5,9,15H2,1-4H3,(H,16,19). The van der Waals surface area contributed by atoms with Crippen molar-refractivity contribution in [1.29, 1.82) is 0 Å². The van der Waals surface area contributed by atoms with Gasteiger partial charge in [0, 0.05) is 39.1 Å². The SMILES string of the molecule is CCN(CC(=O)NC)C(=O)c1cc(N)ccc1N(C)C. The van der Waals surface area contributed by atoms with Gasteiger partial charge in [0.25, 0.3) is 5.91 Å². The number of benzene rings is 1. The number of hydrogen-bond donors (Lipinski definition) is 2. The number of nitrogen functional groups attached to an aromatic ring is 1. The molecule has 0 aliphatic carbocycles. The lowest BCUT2D eigenvalue weighted by Crippen LogP contribution is -2.40. The second-order valence-electron chi connectivity index (χ2n) is 4.66. The summed E-state index contributed by atoms with van der Waals surface area (Å²) in [5, 5.41) is 2.52. The van der Waals surface area contributed by atoms with Crippen molar-refractivity contribution in [3.05, 3.63) is 23.8 Å². The zero-order chi connectivity index (χ0) is 15.3. The first-order valence-corrected chi connectivity index (χ1v) is 6.47. The average molecular weight is 278 g/mol. The molecule has 0 heterocycles. The normalized spacial score (nSPS) is 10.0. The molecular formula is C14H22N4O2. The topological polar surface area (TPSA) is 78.7 Å². The fourth-order valence-corrected chi connectivity index (χ4v) is 1.86. The third-order valence-corrected chi connectivity index (χ3v) is 3.02. The van der Waals surface area contributed by atoms with Gasteiger partial charge in [-0.25, -0.2) is 0 Å². The van der Waals surface area contributed by atoms with Crippen LogP contribution in [0, 0.1) is 0 Å². The van der Waals surface area contributed by atoms with E-state index < -0.39 is 0 Å². The van der Waals surface area contributed by atoms with Crippen molar-refractivity contribution in [3.8, 4) is 0 Å². The Morgan fingerprint density at radius 3 is 2.45 bits per heavy atom. The van der Waals surface area contributed by atoms with E-state index in [1.54, 1.807) is 25.2 Å². The highest BCUT2D eigenvalue weighted by Gasteiger charge is 2.20. The molecule has 0 fully saturated rings. The van der Waals surface area contributed by atoms with Crippen LogP contribution < -0.4 is 16.0 Å². The maximum Gasteiger partial charge on any atom is 0.256 e. The minimum absolute atomic E-state index is 0.0352. The lowest BCUT2D eigenvalue weighted by Gasteiger charge is -2.24. The van der Waals surface area contributed by atoms with Crippen molar-refractivity contribution < 1.29 is 9.59 Å². The molecule has 1 aromatic rings. The summed E-state index contributed by atoms with van der Waals surface area (Å²) in [6.45, 7) is 2.32. The molecule has 0 atom stereocenters. The van der Waals surface area contributed by atoms with Crippen molar-refractivity contribution >= 4 is 23.2 Å². The van der Waals surface area contributed by atoms with Gasteiger partial charge < -0.3 is 20.9 Å². The zero-order valence-corrected chi connectivity index (χ0v) is 12.4. The highest BCUT2D eigenvalue weighted by atomic mass is 16.2. The van der Waals surface area contributed by atoms with Crippen molar-refractivity contribution in [2.45, 2.75) is 6.92 Å². The Bertz CT molecular complexity index is 500. The van der Waals surface area contributed by atoms with Crippen LogP contribution in [0.4, 0.5) is 11.4 Å². The molecule has 2 amide bonds. The number of hydrogen-bond acceptors (Lipinski definition) is 4. The highest BCUT2D eigenvalue weighted by Crippen LogP contribution is 2.23. The predicted octanol–water partition coefficient (Wildman–Crippen LogP) is 0.543. The second kappa shape index (κ2) is 6.79. The molecule has 1 aromatic carbocycles. The maximum atomic E-state index is 12.6. The maximum absolute atomic E-state index is 12.6. The van der Waals surface area contributed by atoms with Gasteiger partial charge in [-0.05, 0) is 25.1 Å². The van der Waals surface area contributed by atoms with Gasteiger partial charge in [-0.3, -0.25) is 9.59 Å². The first-order valence-electron chi connectivity index (χ1n) is 6.47. The highest BCUT2D eigenvalue weighted by molar-refractivity contribution is 6.02. The number of nitrogens with two attached hydrogens (primary N) is 1. The van der Waals surface area contributed by atoms with Crippen molar-refractivity contribution in [1.82, 2.24) is 10.2 Å². The van der Waals surface area contributed by atoms with Gasteiger partial charge in [-0.15, -0.1) is 0 Å². The van der Waals surface area contributed by atoms with E-state index in [2.05, 4.69) is 5.32 Å². The average Bonchev–Trinajstić information content (AvgIpc) is 2.43. The molecule has 1 rings (SSSR count). The Morgan fingerprint density at radius 2 is 1.95 bits per heavy atom. The smallest absolute Gasteiger partial charge is 0.256 e. The van der Waals surface area contributed by atoms with Crippen LogP contribution in [0.1, 0.15) is 17.3 Å². The number of anilines is 2. The molecule has 0 spiro atoms. The van der Waals surface area contributed by atoms with Crippen LogP contribution in [0.25, 0.3) is 0 Å². The van der Waals surface area contributed by atoms with E-state index in [4.69, 9.17) is 5.73 Å². The Balaban J connectivity index is 3.11. The first kappa shape index (κ1) is 15.8. The Labute approximate surface area is 119 Å². The van der Waals surface area contributed by atoms with E-state index in [-0.39, 0.29) is 18.4 Å². The number of carbonyl (C=O) groups excluding carboxylic acids is 2. The molecule has 0 bridgehead atoms. The summed E-state index contributed by atoms with van der Waals surface area (Å²) >= 11 is 0. The number of carbonyl (C=O) groups is 2. The quantitative estimate of drug-likeness (QED) is 0.771. The van der Waals surface area contributed by atoms with Gasteiger partial charge in [0.05, 0.1) is 12.1 Å². The molecule has 3 N–H and O–H groups in total. The van der Waals surface area contributed by atoms with E-state index in [9.17, 15) is 9.59 Å². The van der Waals surface area contributed by atoms with Crippen molar-refractivity contribution in [2.24, 2.45) is 0 Å². The van der Waals surface area contributed by atoms with Gasteiger partial charge >= 0.3 is 0 Å². The van der Waals surface area contributed by atoms with Crippen LogP contribution in [-0.4, -0.2) is 50.9 Å². The fraction of sp³-hybridized carbons (Fsp3) is 0.429. The predicted molar refractivity (Wildman–Crippen MR) is 80.8 cm³/mol. The third-order valence-electron chi connectivity index (χ3n) is 3.02. The molecule has 0 saturated heterocycles. The van der Waals surface area contributed by atoms with Gasteiger partial charge in [0.15, 0.2) is 0 Å². The Kier molecular flexibility index (Phi) is 5.37. The molecule has 0 unspecified atom stereocenters. The molecule has 0 aromatic heterocycles. The number of likely N-dealkylation sites (N-methyl/N-ethyl adjacent to an activating group) is 2. The minimum Gasteiger partial charge on any atom is -0.399 e. The zero-order valence-electron chi connectivity index (χ0n) is 12.4. The van der Waals surface area contributed by atoms with Crippen LogP contribution >= 0.6 is 0 Å². The minimum atomic E-state index is -0.202. The molecular weight excluding hydrogens is 256 g/mol. The van der Waals surface area contributed by atoms with Gasteiger partial charge in [0.1, 0.15) is 0 Å². The van der Waals surface area contributed by atoms with Crippen molar-refractivity contribution in [3.63, 3.8) is 0 Å². The number of rotatable bonds is 5.